The fourth-order valence-electron chi connectivity index (χ4n) is 2.77. The molecule has 0 saturated carbocycles. The van der Waals surface area contributed by atoms with Crippen LogP contribution >= 0.6 is 0 Å². The molecule has 1 unspecified atom stereocenters. The van der Waals surface area contributed by atoms with E-state index in [9.17, 15) is 4.79 Å². The number of anilines is 1. The summed E-state index contributed by atoms with van der Waals surface area (Å²) in [4.78, 5) is 23.5. The molecule has 130 valence electrons. The molecular formula is C19H33N3O. The van der Waals surface area contributed by atoms with Gasteiger partial charge in [0.1, 0.15) is 12.1 Å². The van der Waals surface area contributed by atoms with Crippen LogP contribution in [0.3, 0.4) is 0 Å². The highest BCUT2D eigenvalue weighted by Crippen LogP contribution is 2.27. The predicted octanol–water partition coefficient (Wildman–Crippen LogP) is 4.78. The number of carbonyl (C=O) groups excluding carboxylic acids is 1. The van der Waals surface area contributed by atoms with Gasteiger partial charge in [-0.25, -0.2) is 9.97 Å². The number of hydrogen-bond acceptors (Lipinski definition) is 3. The van der Waals surface area contributed by atoms with Crippen LogP contribution in [0.4, 0.5) is 5.82 Å². The first-order chi connectivity index (χ1) is 10.8. The first-order valence-electron chi connectivity index (χ1n) is 8.91. The molecular weight excluding hydrogens is 286 g/mol. The molecule has 0 saturated heterocycles. The highest BCUT2D eigenvalue weighted by atomic mass is 16.2. The first-order valence-corrected chi connectivity index (χ1v) is 8.91. The summed E-state index contributed by atoms with van der Waals surface area (Å²) in [5.41, 5.74) is 1.05. The molecule has 0 aromatic carbocycles. The van der Waals surface area contributed by atoms with Gasteiger partial charge in [-0.1, -0.05) is 47.5 Å². The Hall–Kier alpha value is -1.45. The molecule has 1 atom stereocenters. The Morgan fingerprint density at radius 1 is 1.26 bits per heavy atom. The Balaban J connectivity index is 3.16. The smallest absolute Gasteiger partial charge is 0.228 e. The van der Waals surface area contributed by atoms with Gasteiger partial charge in [0.2, 0.25) is 5.91 Å². The lowest BCUT2D eigenvalue weighted by molar-refractivity contribution is -0.120. The summed E-state index contributed by atoms with van der Waals surface area (Å²) in [7, 11) is 0. The van der Waals surface area contributed by atoms with E-state index < -0.39 is 0 Å². The van der Waals surface area contributed by atoms with E-state index in [1.807, 2.05) is 11.1 Å². The standard InChI is InChI=1S/C19H33N3O/c1-7-9-11-16-13-20-14-21-18(16)22(15(3)10-8-2)17(23)12-19(4,5)6/h13-15H,7-12H2,1-6H3. The molecule has 0 radical (unpaired) electrons. The van der Waals surface area contributed by atoms with Crippen LogP contribution < -0.4 is 4.90 Å². The topological polar surface area (TPSA) is 46.1 Å². The Labute approximate surface area is 141 Å². The molecule has 1 aromatic heterocycles. The molecule has 0 N–H and O–H groups in total. The summed E-state index contributed by atoms with van der Waals surface area (Å²) in [5.74, 6) is 0.971. The SMILES string of the molecule is CCCCc1cncnc1N(C(=O)CC(C)(C)C)C(C)CCC. The average molecular weight is 319 g/mol. The van der Waals surface area contributed by atoms with Crippen LogP contribution in [0.1, 0.15) is 79.2 Å². The van der Waals surface area contributed by atoms with E-state index in [0.29, 0.717) is 6.42 Å². The van der Waals surface area contributed by atoms with Gasteiger partial charge < -0.3 is 0 Å². The van der Waals surface area contributed by atoms with Gasteiger partial charge in [0.05, 0.1) is 0 Å². The van der Waals surface area contributed by atoms with Crippen molar-refractivity contribution in [1.29, 1.82) is 0 Å². The van der Waals surface area contributed by atoms with E-state index in [-0.39, 0.29) is 17.4 Å². The van der Waals surface area contributed by atoms with Crippen molar-refractivity contribution in [3.8, 4) is 0 Å². The zero-order chi connectivity index (χ0) is 17.5. The molecule has 0 spiro atoms. The Morgan fingerprint density at radius 3 is 2.52 bits per heavy atom. The molecule has 1 aromatic rings. The normalized spacial score (nSPS) is 13.0. The summed E-state index contributed by atoms with van der Waals surface area (Å²) in [5, 5.41) is 0. The van der Waals surface area contributed by atoms with Crippen LogP contribution in [0.2, 0.25) is 0 Å². The summed E-state index contributed by atoms with van der Waals surface area (Å²) >= 11 is 0. The van der Waals surface area contributed by atoms with Crippen molar-refractivity contribution in [3.63, 3.8) is 0 Å². The number of amides is 1. The van der Waals surface area contributed by atoms with Crippen molar-refractivity contribution < 1.29 is 4.79 Å². The molecule has 4 nitrogen and oxygen atoms in total. The van der Waals surface area contributed by atoms with Gasteiger partial charge in [-0.3, -0.25) is 9.69 Å². The van der Waals surface area contributed by atoms with Crippen molar-refractivity contribution >= 4 is 11.7 Å². The Morgan fingerprint density at radius 2 is 1.96 bits per heavy atom. The van der Waals surface area contributed by atoms with E-state index >= 15 is 0 Å². The van der Waals surface area contributed by atoms with E-state index in [0.717, 1.165) is 43.5 Å². The van der Waals surface area contributed by atoms with Crippen molar-refractivity contribution in [3.05, 3.63) is 18.1 Å². The molecule has 1 amide bonds. The lowest BCUT2D eigenvalue weighted by Crippen LogP contribution is -2.41. The van der Waals surface area contributed by atoms with Gasteiger partial charge in [-0.15, -0.1) is 0 Å². The monoisotopic (exact) mass is 319 g/mol. The summed E-state index contributed by atoms with van der Waals surface area (Å²) in [6.07, 6.45) is 9.11. The third-order valence-electron chi connectivity index (χ3n) is 3.89. The lowest BCUT2D eigenvalue weighted by Gasteiger charge is -2.32. The van der Waals surface area contributed by atoms with Gasteiger partial charge in [-0.2, -0.15) is 0 Å². The lowest BCUT2D eigenvalue weighted by atomic mass is 9.91. The molecule has 0 fully saturated rings. The number of nitrogens with zero attached hydrogens (tertiary/aromatic N) is 3. The number of hydrogen-bond donors (Lipinski definition) is 0. The second-order valence-corrected chi connectivity index (χ2v) is 7.61. The summed E-state index contributed by atoms with van der Waals surface area (Å²) in [6.45, 7) is 12.8. The molecule has 1 rings (SSSR count). The highest BCUT2D eigenvalue weighted by Gasteiger charge is 2.28. The molecule has 4 heteroatoms. The minimum absolute atomic E-state index is 0.0299. The fraction of sp³-hybridized carbons (Fsp3) is 0.737. The first kappa shape index (κ1) is 19.6. The van der Waals surface area contributed by atoms with Crippen LogP contribution in [0.5, 0.6) is 0 Å². The minimum atomic E-state index is -0.0299. The summed E-state index contributed by atoms with van der Waals surface area (Å²) in [6, 6.07) is 0.158. The zero-order valence-corrected chi connectivity index (χ0v) is 15.7. The second kappa shape index (κ2) is 8.99. The van der Waals surface area contributed by atoms with Crippen LogP contribution in [-0.4, -0.2) is 21.9 Å². The number of unbranched alkanes of at least 4 members (excludes halogenated alkanes) is 1. The molecule has 23 heavy (non-hydrogen) atoms. The Kier molecular flexibility index (Phi) is 7.66. The second-order valence-electron chi connectivity index (χ2n) is 7.61. The zero-order valence-electron chi connectivity index (χ0n) is 15.7. The van der Waals surface area contributed by atoms with Crippen molar-refractivity contribution in [1.82, 2.24) is 9.97 Å². The molecule has 0 aliphatic rings. The number of aryl methyl sites for hydroxylation is 1. The number of carbonyl (C=O) groups is 1. The van der Waals surface area contributed by atoms with E-state index in [2.05, 4.69) is 51.5 Å². The largest absolute Gasteiger partial charge is 0.294 e. The Bertz CT molecular complexity index is 494. The maximum absolute atomic E-state index is 13.0. The van der Waals surface area contributed by atoms with Crippen molar-refractivity contribution in [2.45, 2.75) is 86.1 Å². The van der Waals surface area contributed by atoms with Gasteiger partial charge >= 0.3 is 0 Å². The van der Waals surface area contributed by atoms with Gasteiger partial charge in [-0.05, 0) is 31.6 Å². The molecule has 0 aliphatic carbocycles. The van der Waals surface area contributed by atoms with Crippen LogP contribution in [-0.2, 0) is 11.2 Å². The number of aromatic nitrogens is 2. The molecule has 0 aliphatic heterocycles. The average Bonchev–Trinajstić information content (AvgIpc) is 2.45. The van der Waals surface area contributed by atoms with Crippen molar-refractivity contribution in [2.75, 3.05) is 4.90 Å². The van der Waals surface area contributed by atoms with E-state index in [1.54, 1.807) is 6.33 Å². The fourth-order valence-corrected chi connectivity index (χ4v) is 2.77. The molecule has 0 bridgehead atoms. The third kappa shape index (κ3) is 6.28. The molecule has 1 heterocycles. The quantitative estimate of drug-likeness (QED) is 0.693. The van der Waals surface area contributed by atoms with Crippen molar-refractivity contribution in [2.24, 2.45) is 5.41 Å². The summed E-state index contributed by atoms with van der Waals surface area (Å²) < 4.78 is 0. The van der Waals surface area contributed by atoms with E-state index in [4.69, 9.17) is 0 Å². The van der Waals surface area contributed by atoms with E-state index in [1.165, 1.54) is 0 Å². The number of rotatable bonds is 8. The van der Waals surface area contributed by atoms with Gasteiger partial charge in [0.15, 0.2) is 0 Å². The minimum Gasteiger partial charge on any atom is -0.294 e. The maximum atomic E-state index is 13.0. The van der Waals surface area contributed by atoms with Gasteiger partial charge in [0, 0.05) is 24.2 Å². The predicted molar refractivity (Wildman–Crippen MR) is 96.6 cm³/mol. The van der Waals surface area contributed by atoms with Crippen LogP contribution in [0.25, 0.3) is 0 Å². The maximum Gasteiger partial charge on any atom is 0.228 e. The highest BCUT2D eigenvalue weighted by molar-refractivity contribution is 5.94. The van der Waals surface area contributed by atoms with Crippen LogP contribution in [0, 0.1) is 5.41 Å². The van der Waals surface area contributed by atoms with Crippen LogP contribution in [0.15, 0.2) is 12.5 Å². The third-order valence-corrected chi connectivity index (χ3v) is 3.89. The van der Waals surface area contributed by atoms with Gasteiger partial charge in [0.25, 0.3) is 0 Å².